The molecule has 0 aliphatic carbocycles. The third kappa shape index (κ3) is 3.59. The van der Waals surface area contributed by atoms with E-state index in [4.69, 9.17) is 21.6 Å². The predicted molar refractivity (Wildman–Crippen MR) is 57.7 cm³/mol. The van der Waals surface area contributed by atoms with Crippen molar-refractivity contribution in [2.24, 2.45) is 0 Å². The fourth-order valence-corrected chi connectivity index (χ4v) is 2.87. The fraction of sp³-hybridized carbons (Fsp3) is 1.00. The molecule has 0 aromatic carbocycles. The van der Waals surface area contributed by atoms with Gasteiger partial charge >= 0.3 is 6.80 Å². The molecule has 0 aromatic rings. The van der Waals surface area contributed by atoms with Gasteiger partial charge in [0.15, 0.2) is 0 Å². The molecular formula is C7H14BO4PS. The van der Waals surface area contributed by atoms with Crippen LogP contribution in [0, 0.1) is 0 Å². The van der Waals surface area contributed by atoms with Crippen molar-refractivity contribution < 1.29 is 18.3 Å². The van der Waals surface area contributed by atoms with Crippen LogP contribution in [0.3, 0.4) is 0 Å². The molecule has 80 valence electrons. The summed E-state index contributed by atoms with van der Waals surface area (Å²) in [6.45, 7) is -2.68. The Balaban J connectivity index is 2.29. The number of ether oxygens (including phenoxy) is 1. The molecule has 1 saturated heterocycles. The van der Waals surface area contributed by atoms with E-state index >= 15 is 0 Å². The Hall–Kier alpha value is 0.525. The standard InChI is InChI=1S/C7H14BO4PS/c1-10-13(9,14-2)11-5-6-3-4-7(8)12-6/h6-7H,3-5H2,1-2H3/t6-,7+,13?/m0/s1. The van der Waals surface area contributed by atoms with Gasteiger partial charge in [-0.25, -0.2) is 4.57 Å². The molecule has 1 unspecified atom stereocenters. The molecule has 14 heavy (non-hydrogen) atoms. The molecule has 7 heteroatoms. The van der Waals surface area contributed by atoms with E-state index in [-0.39, 0.29) is 18.7 Å². The van der Waals surface area contributed by atoms with Gasteiger partial charge in [0.1, 0.15) is 7.85 Å². The van der Waals surface area contributed by atoms with Gasteiger partial charge in [0.2, 0.25) is 0 Å². The Morgan fingerprint density at radius 1 is 1.64 bits per heavy atom. The van der Waals surface area contributed by atoms with Gasteiger partial charge in [-0.15, -0.1) is 0 Å². The van der Waals surface area contributed by atoms with E-state index in [2.05, 4.69) is 0 Å². The third-order valence-corrected chi connectivity index (χ3v) is 5.47. The van der Waals surface area contributed by atoms with Gasteiger partial charge < -0.3 is 9.26 Å². The lowest BCUT2D eigenvalue weighted by Crippen LogP contribution is -2.16. The number of hydrogen-bond acceptors (Lipinski definition) is 5. The van der Waals surface area contributed by atoms with Crippen molar-refractivity contribution in [2.45, 2.75) is 24.9 Å². The summed E-state index contributed by atoms with van der Waals surface area (Å²) in [5.41, 5.74) is 0. The monoisotopic (exact) mass is 236 g/mol. The predicted octanol–water partition coefficient (Wildman–Crippen LogP) is 1.79. The molecule has 0 N–H and O–H groups in total. The maximum atomic E-state index is 11.6. The molecule has 1 fully saturated rings. The molecule has 1 aliphatic rings. The molecule has 3 atom stereocenters. The molecule has 1 aliphatic heterocycles. The molecule has 0 aromatic heterocycles. The van der Waals surface area contributed by atoms with Crippen LogP contribution in [0.2, 0.25) is 0 Å². The van der Waals surface area contributed by atoms with Crippen molar-refractivity contribution in [3.63, 3.8) is 0 Å². The summed E-state index contributed by atoms with van der Waals surface area (Å²) in [4.78, 5) is 0. The van der Waals surface area contributed by atoms with E-state index in [0.717, 1.165) is 24.2 Å². The minimum Gasteiger partial charge on any atom is -0.382 e. The molecule has 0 spiro atoms. The highest BCUT2D eigenvalue weighted by molar-refractivity contribution is 8.54. The van der Waals surface area contributed by atoms with Crippen LogP contribution in [0.1, 0.15) is 12.8 Å². The molecule has 0 bridgehead atoms. The van der Waals surface area contributed by atoms with E-state index in [1.165, 1.54) is 7.11 Å². The van der Waals surface area contributed by atoms with Crippen molar-refractivity contribution in [2.75, 3.05) is 20.0 Å². The van der Waals surface area contributed by atoms with Gasteiger partial charge in [0, 0.05) is 13.1 Å². The summed E-state index contributed by atoms with van der Waals surface area (Å²) in [5, 5.41) is 0. The lowest BCUT2D eigenvalue weighted by atomic mass is 9.97. The van der Waals surface area contributed by atoms with Crippen molar-refractivity contribution in [1.82, 2.24) is 0 Å². The third-order valence-electron chi connectivity index (χ3n) is 2.01. The number of hydrogen-bond donors (Lipinski definition) is 0. The second kappa shape index (κ2) is 5.57. The summed E-state index contributed by atoms with van der Waals surface area (Å²) in [7, 11) is 6.92. The molecular weight excluding hydrogens is 222 g/mol. The second-order valence-corrected chi connectivity index (χ2v) is 7.30. The van der Waals surface area contributed by atoms with E-state index in [0.29, 0.717) is 0 Å². The highest BCUT2D eigenvalue weighted by Crippen LogP contribution is 2.58. The highest BCUT2D eigenvalue weighted by atomic mass is 32.7. The summed E-state index contributed by atoms with van der Waals surface area (Å²) >= 11 is 1.08. The van der Waals surface area contributed by atoms with E-state index in [1.54, 1.807) is 6.26 Å². The van der Waals surface area contributed by atoms with E-state index < -0.39 is 6.80 Å². The molecule has 1 rings (SSSR count). The highest BCUT2D eigenvalue weighted by Gasteiger charge is 2.27. The first kappa shape index (κ1) is 12.6. The SMILES string of the molecule is [B][C@H]1CC[C@@H](COP(=O)(OC)SC)O1. The van der Waals surface area contributed by atoms with Crippen molar-refractivity contribution in [3.05, 3.63) is 0 Å². The van der Waals surface area contributed by atoms with Crippen LogP contribution >= 0.6 is 18.2 Å². The Morgan fingerprint density at radius 3 is 2.79 bits per heavy atom. The van der Waals surface area contributed by atoms with Gasteiger partial charge in [0.05, 0.1) is 12.7 Å². The van der Waals surface area contributed by atoms with Gasteiger partial charge in [-0.2, -0.15) is 0 Å². The van der Waals surface area contributed by atoms with Crippen LogP contribution < -0.4 is 0 Å². The summed E-state index contributed by atoms with van der Waals surface area (Å²) in [6.07, 6.45) is 3.30. The van der Waals surface area contributed by atoms with E-state index in [1.807, 2.05) is 0 Å². The van der Waals surface area contributed by atoms with Crippen molar-refractivity contribution >= 4 is 26.0 Å². The summed E-state index contributed by atoms with van der Waals surface area (Å²) in [6, 6.07) is -0.209. The van der Waals surface area contributed by atoms with Gasteiger partial charge in [0.25, 0.3) is 0 Å². The van der Waals surface area contributed by atoms with Gasteiger partial charge in [-0.1, -0.05) is 0 Å². The minimum atomic E-state index is -2.96. The minimum absolute atomic E-state index is 0.0550. The molecule has 1 heterocycles. The van der Waals surface area contributed by atoms with Gasteiger partial charge in [-0.05, 0) is 30.5 Å². The Morgan fingerprint density at radius 2 is 2.36 bits per heavy atom. The zero-order chi connectivity index (χ0) is 10.6. The normalized spacial score (nSPS) is 31.6. The zero-order valence-corrected chi connectivity index (χ0v) is 10.1. The largest absolute Gasteiger partial charge is 0.388 e. The smallest absolute Gasteiger partial charge is 0.382 e. The molecule has 0 saturated carbocycles. The summed E-state index contributed by atoms with van der Waals surface area (Å²) in [5.74, 6) is 0. The number of rotatable bonds is 5. The maximum absolute atomic E-state index is 11.6. The lowest BCUT2D eigenvalue weighted by Gasteiger charge is -2.16. The first-order chi connectivity index (χ1) is 6.59. The molecule has 0 amide bonds. The topological polar surface area (TPSA) is 44.8 Å². The summed E-state index contributed by atoms with van der Waals surface area (Å²) < 4.78 is 26.9. The second-order valence-electron chi connectivity index (χ2n) is 2.98. The average molecular weight is 236 g/mol. The molecule has 4 nitrogen and oxygen atoms in total. The van der Waals surface area contributed by atoms with Crippen LogP contribution in [0.15, 0.2) is 0 Å². The van der Waals surface area contributed by atoms with Gasteiger partial charge in [-0.3, -0.25) is 4.52 Å². The van der Waals surface area contributed by atoms with Crippen LogP contribution in [0.25, 0.3) is 0 Å². The van der Waals surface area contributed by atoms with Crippen LogP contribution in [-0.2, 0) is 18.3 Å². The fourth-order valence-electron chi connectivity index (χ4n) is 1.21. The Labute approximate surface area is 89.8 Å². The average Bonchev–Trinajstić information content (AvgIpc) is 2.61. The quantitative estimate of drug-likeness (QED) is 0.537. The first-order valence-corrected chi connectivity index (χ1v) is 7.74. The van der Waals surface area contributed by atoms with Crippen LogP contribution in [-0.4, -0.2) is 39.9 Å². The Bertz CT molecular complexity index is 220. The zero-order valence-electron chi connectivity index (χ0n) is 8.34. The lowest BCUT2D eigenvalue weighted by molar-refractivity contribution is 0.0481. The van der Waals surface area contributed by atoms with Crippen LogP contribution in [0.5, 0.6) is 0 Å². The van der Waals surface area contributed by atoms with Crippen LogP contribution in [0.4, 0.5) is 0 Å². The van der Waals surface area contributed by atoms with Crippen molar-refractivity contribution in [3.8, 4) is 0 Å². The first-order valence-electron chi connectivity index (χ1n) is 4.36. The van der Waals surface area contributed by atoms with Crippen molar-refractivity contribution in [1.29, 1.82) is 0 Å². The maximum Gasteiger partial charge on any atom is 0.388 e. The molecule has 2 radical (unpaired) electrons. The van der Waals surface area contributed by atoms with E-state index in [9.17, 15) is 4.57 Å². The Kier molecular flexibility index (Phi) is 5.01.